The minimum Gasteiger partial charge on any atom is -0.463 e. The Morgan fingerprint density at radius 2 is 2.12 bits per heavy atom. The van der Waals surface area contributed by atoms with Gasteiger partial charge in [0.2, 0.25) is 0 Å². The number of furan rings is 2. The molecule has 126 valence electrons. The first-order valence-electron chi connectivity index (χ1n) is 8.22. The monoisotopic (exact) mass is 335 g/mol. The van der Waals surface area contributed by atoms with E-state index >= 15 is 0 Å². The van der Waals surface area contributed by atoms with Crippen molar-refractivity contribution in [2.24, 2.45) is 0 Å². The van der Waals surface area contributed by atoms with Gasteiger partial charge in [0, 0.05) is 12.2 Å². The van der Waals surface area contributed by atoms with Crippen LogP contribution in [0.15, 0.2) is 45.4 Å². The number of nitrogens with zero attached hydrogens (tertiary/aromatic N) is 2. The third-order valence-corrected chi connectivity index (χ3v) is 4.32. The highest BCUT2D eigenvalue weighted by atomic mass is 16.5. The summed E-state index contributed by atoms with van der Waals surface area (Å²) in [4.78, 5) is 4.26. The van der Waals surface area contributed by atoms with Gasteiger partial charge in [-0.1, -0.05) is 0 Å². The molecule has 4 rings (SSSR count). The average Bonchev–Trinajstić information content (AvgIpc) is 3.34. The van der Waals surface area contributed by atoms with Crippen molar-refractivity contribution < 1.29 is 13.6 Å². The Balaban J connectivity index is 1.76. The van der Waals surface area contributed by atoms with Crippen LogP contribution in [0.1, 0.15) is 36.7 Å². The Kier molecular flexibility index (Phi) is 4.00. The van der Waals surface area contributed by atoms with E-state index in [4.69, 9.17) is 19.3 Å². The number of nitrogen functional groups attached to an aromatic ring is 1. The van der Waals surface area contributed by atoms with E-state index in [2.05, 4.69) is 11.1 Å². The number of anilines is 1. The first-order chi connectivity index (χ1) is 12.3. The van der Waals surface area contributed by atoms with Crippen LogP contribution in [-0.4, -0.2) is 11.6 Å². The second-order valence-corrected chi connectivity index (χ2v) is 5.96. The SMILES string of the molecule is N#Cc1c(-c2ccc([C@H]3CCCCO3)o2)cc(-c2ccco2)nc1N. The highest BCUT2D eigenvalue weighted by Gasteiger charge is 2.22. The number of rotatable bonds is 3. The Morgan fingerprint density at radius 1 is 1.20 bits per heavy atom. The minimum atomic E-state index is -0.0308. The number of nitriles is 1. The fourth-order valence-corrected chi connectivity index (χ4v) is 3.06. The van der Waals surface area contributed by atoms with Gasteiger partial charge < -0.3 is 19.3 Å². The summed E-state index contributed by atoms with van der Waals surface area (Å²) in [5.74, 6) is 2.08. The van der Waals surface area contributed by atoms with E-state index in [-0.39, 0.29) is 11.9 Å². The molecular weight excluding hydrogens is 318 g/mol. The molecule has 0 amide bonds. The van der Waals surface area contributed by atoms with Gasteiger partial charge in [0.25, 0.3) is 0 Å². The zero-order valence-electron chi connectivity index (χ0n) is 13.6. The molecule has 1 aliphatic heterocycles. The molecule has 6 heteroatoms. The molecule has 2 N–H and O–H groups in total. The third-order valence-electron chi connectivity index (χ3n) is 4.32. The van der Waals surface area contributed by atoms with Gasteiger partial charge in [-0.15, -0.1) is 0 Å². The van der Waals surface area contributed by atoms with Crippen LogP contribution < -0.4 is 5.73 Å². The average molecular weight is 335 g/mol. The summed E-state index contributed by atoms with van der Waals surface area (Å²) in [5, 5.41) is 9.48. The van der Waals surface area contributed by atoms with Crippen molar-refractivity contribution in [3.63, 3.8) is 0 Å². The molecule has 0 bridgehead atoms. The van der Waals surface area contributed by atoms with E-state index in [9.17, 15) is 5.26 Å². The first kappa shape index (κ1) is 15.5. The lowest BCUT2D eigenvalue weighted by Gasteiger charge is -2.20. The number of pyridine rings is 1. The van der Waals surface area contributed by atoms with Crippen molar-refractivity contribution in [3.05, 3.63) is 47.9 Å². The van der Waals surface area contributed by atoms with Crippen LogP contribution >= 0.6 is 0 Å². The lowest BCUT2D eigenvalue weighted by atomic mass is 10.1. The van der Waals surface area contributed by atoms with Crippen molar-refractivity contribution >= 4 is 5.82 Å². The Labute approximate surface area is 144 Å². The molecule has 0 radical (unpaired) electrons. The molecule has 1 atom stereocenters. The summed E-state index contributed by atoms with van der Waals surface area (Å²) in [6.07, 6.45) is 4.67. The van der Waals surface area contributed by atoms with E-state index in [1.165, 1.54) is 0 Å². The zero-order chi connectivity index (χ0) is 17.2. The fraction of sp³-hybridized carbons (Fsp3) is 0.263. The molecule has 0 aliphatic carbocycles. The molecular formula is C19H17N3O3. The fourth-order valence-electron chi connectivity index (χ4n) is 3.06. The summed E-state index contributed by atoms with van der Waals surface area (Å²) in [5.41, 5.74) is 7.44. The molecule has 0 spiro atoms. The highest BCUT2D eigenvalue weighted by Crippen LogP contribution is 2.35. The summed E-state index contributed by atoms with van der Waals surface area (Å²) < 4.78 is 17.1. The molecule has 1 saturated heterocycles. The van der Waals surface area contributed by atoms with Crippen molar-refractivity contribution in [1.29, 1.82) is 5.26 Å². The van der Waals surface area contributed by atoms with Crippen LogP contribution in [0.4, 0.5) is 5.82 Å². The summed E-state index contributed by atoms with van der Waals surface area (Å²) in [7, 11) is 0. The van der Waals surface area contributed by atoms with Gasteiger partial charge in [0.05, 0.1) is 6.26 Å². The van der Waals surface area contributed by atoms with Gasteiger partial charge in [-0.2, -0.15) is 5.26 Å². The Bertz CT molecular complexity index is 916. The largest absolute Gasteiger partial charge is 0.463 e. The van der Waals surface area contributed by atoms with Gasteiger partial charge >= 0.3 is 0 Å². The topological polar surface area (TPSA) is 98.2 Å². The maximum Gasteiger partial charge on any atom is 0.152 e. The molecule has 3 aromatic heterocycles. The normalized spacial score (nSPS) is 17.3. The molecule has 25 heavy (non-hydrogen) atoms. The lowest BCUT2D eigenvalue weighted by molar-refractivity contribution is 0.00222. The minimum absolute atomic E-state index is 0.0308. The zero-order valence-corrected chi connectivity index (χ0v) is 13.6. The van der Waals surface area contributed by atoms with Crippen molar-refractivity contribution in [2.75, 3.05) is 12.3 Å². The lowest BCUT2D eigenvalue weighted by Crippen LogP contribution is -2.10. The quantitative estimate of drug-likeness (QED) is 0.766. The number of hydrogen-bond acceptors (Lipinski definition) is 6. The molecule has 0 aromatic carbocycles. The number of ether oxygens (including phenoxy) is 1. The highest BCUT2D eigenvalue weighted by molar-refractivity contribution is 5.76. The molecule has 1 fully saturated rings. The van der Waals surface area contributed by atoms with E-state index in [1.807, 2.05) is 12.1 Å². The molecule has 4 heterocycles. The van der Waals surface area contributed by atoms with Crippen LogP contribution in [0.2, 0.25) is 0 Å². The van der Waals surface area contributed by atoms with E-state index < -0.39 is 0 Å². The second kappa shape index (κ2) is 6.46. The molecule has 0 unspecified atom stereocenters. The van der Waals surface area contributed by atoms with Crippen molar-refractivity contribution in [1.82, 2.24) is 4.98 Å². The summed E-state index contributed by atoms with van der Waals surface area (Å²) in [6, 6.07) is 11.2. The standard InChI is InChI=1S/C19H17N3O3/c20-11-13-12(10-14(22-19(13)21)16-5-3-9-23-16)15-6-7-18(25-15)17-4-1-2-8-24-17/h3,5-7,9-10,17H,1-2,4,8H2,(H2,21,22)/t17-/m1/s1. The molecule has 0 saturated carbocycles. The van der Waals surface area contributed by atoms with Gasteiger partial charge in [0.1, 0.15) is 40.8 Å². The van der Waals surface area contributed by atoms with Crippen LogP contribution in [0, 0.1) is 11.3 Å². The molecule has 1 aliphatic rings. The predicted octanol–water partition coefficient (Wildman–Crippen LogP) is 4.30. The van der Waals surface area contributed by atoms with E-state index in [0.717, 1.165) is 31.6 Å². The molecule has 3 aromatic rings. The van der Waals surface area contributed by atoms with Gasteiger partial charge in [-0.25, -0.2) is 4.98 Å². The summed E-state index contributed by atoms with van der Waals surface area (Å²) >= 11 is 0. The predicted molar refractivity (Wildman–Crippen MR) is 91.3 cm³/mol. The van der Waals surface area contributed by atoms with E-state index in [1.54, 1.807) is 24.5 Å². The van der Waals surface area contributed by atoms with Crippen LogP contribution in [0.5, 0.6) is 0 Å². The van der Waals surface area contributed by atoms with Crippen LogP contribution in [0.25, 0.3) is 22.8 Å². The number of nitrogens with two attached hydrogens (primary N) is 1. The maximum atomic E-state index is 9.48. The van der Waals surface area contributed by atoms with Crippen molar-refractivity contribution in [2.45, 2.75) is 25.4 Å². The van der Waals surface area contributed by atoms with Gasteiger partial charge in [-0.3, -0.25) is 0 Å². The number of aromatic nitrogens is 1. The van der Waals surface area contributed by atoms with Gasteiger partial charge in [-0.05, 0) is 49.6 Å². The Hall–Kier alpha value is -3.04. The molecule has 6 nitrogen and oxygen atoms in total. The Morgan fingerprint density at radius 3 is 2.84 bits per heavy atom. The third kappa shape index (κ3) is 2.90. The summed E-state index contributed by atoms with van der Waals surface area (Å²) in [6.45, 7) is 0.745. The van der Waals surface area contributed by atoms with Crippen LogP contribution in [0.3, 0.4) is 0 Å². The second-order valence-electron chi connectivity index (χ2n) is 5.96. The van der Waals surface area contributed by atoms with Gasteiger partial charge in [0.15, 0.2) is 5.76 Å². The number of hydrogen-bond donors (Lipinski definition) is 1. The first-order valence-corrected chi connectivity index (χ1v) is 8.22. The maximum absolute atomic E-state index is 9.48. The van der Waals surface area contributed by atoms with E-state index in [0.29, 0.717) is 28.3 Å². The smallest absolute Gasteiger partial charge is 0.152 e. The van der Waals surface area contributed by atoms with Crippen LogP contribution in [-0.2, 0) is 4.74 Å². The van der Waals surface area contributed by atoms with Crippen molar-refractivity contribution in [3.8, 4) is 28.8 Å².